The monoisotopic (exact) mass is 385 g/mol. The molecule has 0 radical (unpaired) electrons. The third-order valence-electron chi connectivity index (χ3n) is 3.47. The molecule has 0 aliphatic carbocycles. The molecular formula is C17H18BrCl2N. The van der Waals surface area contributed by atoms with Crippen molar-refractivity contribution in [2.75, 3.05) is 6.54 Å². The maximum Gasteiger partial charge on any atom is 0.0595 e. The van der Waals surface area contributed by atoms with Crippen LogP contribution < -0.4 is 5.32 Å². The lowest BCUT2D eigenvalue weighted by Crippen LogP contribution is -2.23. The van der Waals surface area contributed by atoms with E-state index in [1.165, 1.54) is 16.7 Å². The minimum absolute atomic E-state index is 0.238. The van der Waals surface area contributed by atoms with E-state index in [2.05, 4.69) is 53.3 Å². The number of rotatable bonds is 5. The Bertz CT molecular complexity index is 628. The number of benzene rings is 2. The average molecular weight is 387 g/mol. The van der Waals surface area contributed by atoms with Gasteiger partial charge in [0, 0.05) is 10.5 Å². The quantitative estimate of drug-likeness (QED) is 0.668. The molecule has 112 valence electrons. The number of aryl methyl sites for hydroxylation is 1. The highest BCUT2D eigenvalue weighted by Crippen LogP contribution is 2.30. The van der Waals surface area contributed by atoms with Crippen LogP contribution in [-0.2, 0) is 6.42 Å². The second kappa shape index (κ2) is 7.64. The fourth-order valence-electron chi connectivity index (χ4n) is 2.38. The number of nitrogens with one attached hydrogen (secondary N) is 1. The van der Waals surface area contributed by atoms with Crippen molar-refractivity contribution in [2.24, 2.45) is 0 Å². The van der Waals surface area contributed by atoms with Gasteiger partial charge in [-0.05, 0) is 48.7 Å². The minimum Gasteiger partial charge on any atom is -0.310 e. The van der Waals surface area contributed by atoms with Gasteiger partial charge in [-0.25, -0.2) is 0 Å². The van der Waals surface area contributed by atoms with Crippen molar-refractivity contribution in [2.45, 2.75) is 26.3 Å². The van der Waals surface area contributed by atoms with Crippen LogP contribution in [0.1, 0.15) is 29.7 Å². The van der Waals surface area contributed by atoms with Gasteiger partial charge in [0.25, 0.3) is 0 Å². The summed E-state index contributed by atoms with van der Waals surface area (Å²) in [4.78, 5) is 0. The summed E-state index contributed by atoms with van der Waals surface area (Å²) in [5.74, 6) is 0. The van der Waals surface area contributed by atoms with E-state index in [0.29, 0.717) is 10.0 Å². The number of likely N-dealkylation sites (N-methyl/N-ethyl adjacent to an activating group) is 1. The van der Waals surface area contributed by atoms with Crippen LogP contribution in [0.2, 0.25) is 10.0 Å². The highest BCUT2D eigenvalue weighted by atomic mass is 79.9. The van der Waals surface area contributed by atoms with E-state index in [4.69, 9.17) is 23.2 Å². The molecule has 2 aromatic carbocycles. The van der Waals surface area contributed by atoms with Gasteiger partial charge in [0.15, 0.2) is 0 Å². The molecule has 0 spiro atoms. The topological polar surface area (TPSA) is 12.0 Å². The fourth-order valence-corrected chi connectivity index (χ4v) is 3.24. The molecule has 0 saturated carbocycles. The van der Waals surface area contributed by atoms with Crippen LogP contribution in [0.25, 0.3) is 0 Å². The van der Waals surface area contributed by atoms with E-state index in [1.807, 2.05) is 18.2 Å². The first-order valence-corrected chi connectivity index (χ1v) is 8.50. The van der Waals surface area contributed by atoms with Crippen molar-refractivity contribution in [3.05, 3.63) is 67.6 Å². The Kier molecular flexibility index (Phi) is 6.12. The standard InChI is InChI=1S/C17H18BrCl2N/c1-3-21-16(13-6-4-5-11(2)17(13)18)10-12-7-8-14(19)15(20)9-12/h4-9,16,21H,3,10H2,1-2H3. The molecule has 1 unspecified atom stereocenters. The van der Waals surface area contributed by atoms with Crippen molar-refractivity contribution in [3.63, 3.8) is 0 Å². The summed E-state index contributed by atoms with van der Waals surface area (Å²) >= 11 is 15.8. The molecule has 21 heavy (non-hydrogen) atoms. The molecule has 0 amide bonds. The Morgan fingerprint density at radius 3 is 2.57 bits per heavy atom. The molecular weight excluding hydrogens is 369 g/mol. The van der Waals surface area contributed by atoms with Crippen LogP contribution in [0, 0.1) is 6.92 Å². The summed E-state index contributed by atoms with van der Waals surface area (Å²) in [6.45, 7) is 5.13. The Morgan fingerprint density at radius 1 is 1.14 bits per heavy atom. The minimum atomic E-state index is 0.238. The van der Waals surface area contributed by atoms with Gasteiger partial charge in [-0.2, -0.15) is 0 Å². The van der Waals surface area contributed by atoms with E-state index < -0.39 is 0 Å². The lowest BCUT2D eigenvalue weighted by atomic mass is 9.97. The summed E-state index contributed by atoms with van der Waals surface area (Å²) in [5.41, 5.74) is 3.68. The molecule has 0 aliphatic heterocycles. The van der Waals surface area contributed by atoms with Gasteiger partial charge < -0.3 is 5.32 Å². The summed E-state index contributed by atoms with van der Waals surface area (Å²) in [6.07, 6.45) is 0.868. The van der Waals surface area contributed by atoms with E-state index in [9.17, 15) is 0 Å². The van der Waals surface area contributed by atoms with Gasteiger partial charge >= 0.3 is 0 Å². The Balaban J connectivity index is 2.30. The lowest BCUT2D eigenvalue weighted by Gasteiger charge is -2.21. The first kappa shape index (κ1) is 16.8. The molecule has 0 heterocycles. The molecule has 1 atom stereocenters. The lowest BCUT2D eigenvalue weighted by molar-refractivity contribution is 0.547. The van der Waals surface area contributed by atoms with Gasteiger partial charge in [0.05, 0.1) is 10.0 Å². The number of hydrogen-bond acceptors (Lipinski definition) is 1. The van der Waals surface area contributed by atoms with E-state index in [0.717, 1.165) is 17.4 Å². The number of halogens is 3. The first-order valence-electron chi connectivity index (χ1n) is 6.95. The smallest absolute Gasteiger partial charge is 0.0595 e. The Hall–Kier alpha value is -0.540. The van der Waals surface area contributed by atoms with Crippen LogP contribution in [-0.4, -0.2) is 6.54 Å². The molecule has 1 N–H and O–H groups in total. The van der Waals surface area contributed by atoms with Gasteiger partial charge in [-0.1, -0.05) is 70.3 Å². The van der Waals surface area contributed by atoms with Gasteiger partial charge in [-0.3, -0.25) is 0 Å². The van der Waals surface area contributed by atoms with Crippen LogP contribution in [0.4, 0.5) is 0 Å². The third-order valence-corrected chi connectivity index (χ3v) is 5.29. The predicted octanol–water partition coefficient (Wildman–Crippen LogP) is 5.96. The van der Waals surface area contributed by atoms with Crippen LogP contribution >= 0.6 is 39.1 Å². The Morgan fingerprint density at radius 2 is 1.90 bits per heavy atom. The molecule has 0 aliphatic rings. The van der Waals surface area contributed by atoms with Crippen LogP contribution in [0.5, 0.6) is 0 Å². The summed E-state index contributed by atoms with van der Waals surface area (Å²) in [7, 11) is 0. The van der Waals surface area contributed by atoms with Crippen molar-refractivity contribution in [1.29, 1.82) is 0 Å². The fraction of sp³-hybridized carbons (Fsp3) is 0.294. The Labute approximate surface area is 144 Å². The van der Waals surface area contributed by atoms with Crippen LogP contribution in [0.15, 0.2) is 40.9 Å². The zero-order chi connectivity index (χ0) is 15.4. The molecule has 0 fully saturated rings. The zero-order valence-electron chi connectivity index (χ0n) is 12.1. The molecule has 0 saturated heterocycles. The highest BCUT2D eigenvalue weighted by Gasteiger charge is 2.15. The van der Waals surface area contributed by atoms with Gasteiger partial charge in [0.2, 0.25) is 0 Å². The number of hydrogen-bond donors (Lipinski definition) is 1. The second-order valence-corrected chi connectivity index (χ2v) is 6.65. The SMILES string of the molecule is CCNC(Cc1ccc(Cl)c(Cl)c1)c1cccc(C)c1Br. The molecule has 2 aromatic rings. The van der Waals surface area contributed by atoms with Crippen molar-refractivity contribution >= 4 is 39.1 Å². The normalized spacial score (nSPS) is 12.4. The maximum atomic E-state index is 6.12. The molecule has 0 bridgehead atoms. The van der Waals surface area contributed by atoms with Crippen molar-refractivity contribution in [3.8, 4) is 0 Å². The average Bonchev–Trinajstić information content (AvgIpc) is 2.45. The van der Waals surface area contributed by atoms with E-state index in [1.54, 1.807) is 0 Å². The first-order chi connectivity index (χ1) is 10.0. The maximum absolute atomic E-state index is 6.12. The predicted molar refractivity (Wildman–Crippen MR) is 95.5 cm³/mol. The van der Waals surface area contributed by atoms with Crippen LogP contribution in [0.3, 0.4) is 0 Å². The summed E-state index contributed by atoms with van der Waals surface area (Å²) in [6, 6.07) is 12.4. The highest BCUT2D eigenvalue weighted by molar-refractivity contribution is 9.10. The zero-order valence-corrected chi connectivity index (χ0v) is 15.2. The summed E-state index contributed by atoms with van der Waals surface area (Å²) < 4.78 is 1.16. The largest absolute Gasteiger partial charge is 0.310 e. The van der Waals surface area contributed by atoms with E-state index in [-0.39, 0.29) is 6.04 Å². The molecule has 4 heteroatoms. The van der Waals surface area contributed by atoms with E-state index >= 15 is 0 Å². The van der Waals surface area contributed by atoms with Gasteiger partial charge in [0.1, 0.15) is 0 Å². The van der Waals surface area contributed by atoms with Gasteiger partial charge in [-0.15, -0.1) is 0 Å². The molecule has 1 nitrogen and oxygen atoms in total. The second-order valence-electron chi connectivity index (χ2n) is 5.04. The van der Waals surface area contributed by atoms with Crippen molar-refractivity contribution in [1.82, 2.24) is 5.32 Å². The third kappa shape index (κ3) is 4.23. The molecule has 0 aromatic heterocycles. The molecule has 2 rings (SSSR count). The summed E-state index contributed by atoms with van der Waals surface area (Å²) in [5, 5.41) is 4.74. The van der Waals surface area contributed by atoms with Crippen molar-refractivity contribution < 1.29 is 0 Å².